The van der Waals surface area contributed by atoms with E-state index >= 15 is 0 Å². The highest BCUT2D eigenvalue weighted by atomic mass is 35.5. The summed E-state index contributed by atoms with van der Waals surface area (Å²) in [4.78, 5) is 54.9. The molecule has 4 aromatic rings. The van der Waals surface area contributed by atoms with E-state index in [1.54, 1.807) is 24.1 Å². The normalized spacial score (nSPS) is 25.4. The molecule has 2 saturated carbocycles. The van der Waals surface area contributed by atoms with Gasteiger partial charge < -0.3 is 25.0 Å². The molecular formula is C44H51ClN6O7S2. The number of carbonyl (C=O) groups excluding carboxylic acids is 3. The van der Waals surface area contributed by atoms with Crippen molar-refractivity contribution in [1.82, 2.24) is 24.9 Å². The number of rotatable bonds is 10. The molecule has 4 heterocycles. The van der Waals surface area contributed by atoms with Gasteiger partial charge in [-0.2, -0.15) is 0 Å². The maximum atomic E-state index is 14.9. The topological polar surface area (TPSA) is 169 Å². The van der Waals surface area contributed by atoms with Crippen LogP contribution in [0.3, 0.4) is 0 Å². The predicted molar refractivity (Wildman–Crippen MR) is 233 cm³/mol. The maximum Gasteiger partial charge on any atom is 0.259 e. The van der Waals surface area contributed by atoms with Crippen LogP contribution in [-0.2, 0) is 24.4 Å². The second-order valence-electron chi connectivity index (χ2n) is 16.7. The Kier molecular flexibility index (Phi) is 11.9. The highest BCUT2D eigenvalue weighted by Crippen LogP contribution is 2.46. The smallest absolute Gasteiger partial charge is 0.259 e. The second-order valence-corrected chi connectivity index (χ2v) is 20.0. The van der Waals surface area contributed by atoms with Crippen LogP contribution in [0.2, 0.25) is 5.02 Å². The van der Waals surface area contributed by atoms with E-state index in [0.717, 1.165) is 52.7 Å². The van der Waals surface area contributed by atoms with Crippen LogP contribution in [0.5, 0.6) is 11.6 Å². The maximum absolute atomic E-state index is 14.9. The Bertz CT molecular complexity index is 2440. The van der Waals surface area contributed by atoms with E-state index in [2.05, 4.69) is 29.2 Å². The molecule has 2 aromatic carbocycles. The average molecular weight is 876 g/mol. The van der Waals surface area contributed by atoms with Crippen LogP contribution in [0.25, 0.3) is 21.5 Å². The van der Waals surface area contributed by atoms with Crippen molar-refractivity contribution in [2.24, 2.45) is 5.92 Å². The number of thiazole rings is 1. The molecule has 3 amide bonds. The molecule has 1 saturated heterocycles. The van der Waals surface area contributed by atoms with E-state index in [-0.39, 0.29) is 31.2 Å². The number of benzene rings is 2. The summed E-state index contributed by atoms with van der Waals surface area (Å²) in [5.41, 5.74) is 1.71. The van der Waals surface area contributed by atoms with Crippen LogP contribution in [0, 0.1) is 12.8 Å². The predicted octanol–water partition coefficient (Wildman–Crippen LogP) is 7.28. The Balaban J connectivity index is 1.15. The third kappa shape index (κ3) is 8.71. The monoisotopic (exact) mass is 874 g/mol. The largest absolute Gasteiger partial charge is 0.496 e. The number of halogens is 1. The number of sulfonamides is 1. The minimum Gasteiger partial charge on any atom is -0.496 e. The summed E-state index contributed by atoms with van der Waals surface area (Å²) in [6.45, 7) is 6.21. The van der Waals surface area contributed by atoms with Gasteiger partial charge in [-0.1, -0.05) is 50.4 Å². The fraction of sp³-hybridized carbons (Fsp3) is 0.477. The Morgan fingerprint density at radius 2 is 1.83 bits per heavy atom. The Morgan fingerprint density at radius 1 is 1.05 bits per heavy atom. The first-order valence-electron chi connectivity index (χ1n) is 20.7. The van der Waals surface area contributed by atoms with Crippen molar-refractivity contribution >= 4 is 67.1 Å². The minimum absolute atomic E-state index is 0.0611. The number of nitrogens with zero attached hydrogens (tertiary/aromatic N) is 3. The fourth-order valence-electron chi connectivity index (χ4n) is 8.26. The average Bonchev–Trinajstić information content (AvgIpc) is 4.10. The SMILES string of the molecule is COc1ccc2c(O[C@@H]3C[C@H]4C(=O)N[C@]5(C(=O)NS(=O)(=O)C6CC6)C[C@H]5/C=C\CCCCC[C@H](Nc5ccc(Cl)cc5)C(=O)N4C3)nc(-c3nc(C(C)C)cs3)cc2c1C. The summed E-state index contributed by atoms with van der Waals surface area (Å²) < 4.78 is 40.7. The van der Waals surface area contributed by atoms with E-state index in [0.29, 0.717) is 47.3 Å². The highest BCUT2D eigenvalue weighted by molar-refractivity contribution is 7.91. The zero-order valence-electron chi connectivity index (χ0n) is 34.2. The zero-order chi connectivity index (χ0) is 42.3. The quantitative estimate of drug-likeness (QED) is 0.138. The van der Waals surface area contributed by atoms with E-state index in [9.17, 15) is 22.8 Å². The molecule has 0 bridgehead atoms. The third-order valence-electron chi connectivity index (χ3n) is 12.1. The lowest BCUT2D eigenvalue weighted by Gasteiger charge is -2.30. The lowest BCUT2D eigenvalue weighted by molar-refractivity contribution is -0.140. The molecule has 60 heavy (non-hydrogen) atoms. The Morgan fingerprint density at radius 3 is 2.55 bits per heavy atom. The minimum atomic E-state index is -3.89. The van der Waals surface area contributed by atoms with Crippen molar-refractivity contribution in [2.75, 3.05) is 19.0 Å². The van der Waals surface area contributed by atoms with Crippen LogP contribution in [-0.4, -0.2) is 83.6 Å². The number of aromatic nitrogens is 2. The lowest BCUT2D eigenvalue weighted by atomic mass is 10.0. The van der Waals surface area contributed by atoms with Gasteiger partial charge >= 0.3 is 0 Å². The van der Waals surface area contributed by atoms with Crippen LogP contribution >= 0.6 is 22.9 Å². The van der Waals surface area contributed by atoms with E-state index < -0.39 is 56.7 Å². The van der Waals surface area contributed by atoms with Gasteiger partial charge in [-0.25, -0.2) is 18.4 Å². The summed E-state index contributed by atoms with van der Waals surface area (Å²) in [7, 11) is -2.26. The molecule has 3 fully saturated rings. The van der Waals surface area contributed by atoms with Gasteiger partial charge in [0.05, 0.1) is 24.6 Å². The molecule has 2 aliphatic heterocycles. The van der Waals surface area contributed by atoms with Gasteiger partial charge in [0.15, 0.2) is 0 Å². The lowest BCUT2D eigenvalue weighted by Crippen LogP contribution is -2.57. The number of allylic oxidation sites excluding steroid dienone is 1. The van der Waals surface area contributed by atoms with Crippen molar-refractivity contribution in [3.8, 4) is 22.3 Å². The van der Waals surface area contributed by atoms with Gasteiger partial charge in [-0.15, -0.1) is 11.3 Å². The number of carbonyl (C=O) groups is 3. The van der Waals surface area contributed by atoms with Crippen molar-refractivity contribution in [3.63, 3.8) is 0 Å². The zero-order valence-corrected chi connectivity index (χ0v) is 36.6. The number of anilines is 1. The number of hydrogen-bond acceptors (Lipinski definition) is 11. The first-order valence-corrected chi connectivity index (χ1v) is 23.5. The number of nitrogens with one attached hydrogen (secondary N) is 3. The van der Waals surface area contributed by atoms with Gasteiger partial charge in [-0.05, 0) is 105 Å². The standard InChI is InChI=1S/C44H51ClN6O7S2/c1-25(2)36-24-59-41(48-36)35-21-33-26(3)38(57-4)19-18-32(33)40(47-35)58-30-20-37-39(52)49-44(43(54)50-60(55,56)31-16-17-31)22-27(44)10-8-6-5-7-9-11-34(42(53)51(37)23-30)46-29-14-12-28(45)13-15-29/h8,10,12-15,18-19,21,24-25,27,30-31,34,37,46H,5-7,9,11,16-17,20,22-23H2,1-4H3,(H,49,52)(H,50,54)/b10-8-/t27-,30-,34+,37+,44-/m1/s1. The molecule has 0 unspecified atom stereocenters. The first kappa shape index (κ1) is 42.0. The number of amides is 3. The van der Waals surface area contributed by atoms with Crippen molar-refractivity contribution in [1.29, 1.82) is 0 Å². The van der Waals surface area contributed by atoms with E-state index in [1.807, 2.05) is 54.8 Å². The van der Waals surface area contributed by atoms with Crippen molar-refractivity contribution in [2.45, 2.75) is 113 Å². The molecule has 8 rings (SSSR count). The van der Waals surface area contributed by atoms with Gasteiger partial charge in [0.25, 0.3) is 5.91 Å². The molecule has 3 N–H and O–H groups in total. The molecule has 0 radical (unpaired) electrons. The molecule has 2 aromatic heterocycles. The molecular weight excluding hydrogens is 824 g/mol. The van der Waals surface area contributed by atoms with Crippen LogP contribution in [0.15, 0.2) is 60.0 Å². The number of hydrogen-bond donors (Lipinski definition) is 3. The van der Waals surface area contributed by atoms with Crippen LogP contribution in [0.4, 0.5) is 5.69 Å². The summed E-state index contributed by atoms with van der Waals surface area (Å²) >= 11 is 7.70. The molecule has 318 valence electrons. The van der Waals surface area contributed by atoms with Crippen molar-refractivity contribution < 1.29 is 32.3 Å². The molecule has 0 spiro atoms. The number of fused-ring (bicyclic) bond motifs is 3. The number of methoxy groups -OCH3 is 1. The van der Waals surface area contributed by atoms with Gasteiger partial charge in [0.2, 0.25) is 27.7 Å². The Labute approximate surface area is 359 Å². The molecule has 16 heteroatoms. The third-order valence-corrected chi connectivity index (χ3v) is 15.0. The summed E-state index contributed by atoms with van der Waals surface area (Å²) in [5, 5.41) is 10.7. The number of aryl methyl sites for hydroxylation is 1. The van der Waals surface area contributed by atoms with E-state index in [4.69, 9.17) is 31.0 Å². The summed E-state index contributed by atoms with van der Waals surface area (Å²) in [6.07, 6.45) is 8.27. The van der Waals surface area contributed by atoms with Crippen LogP contribution in [0.1, 0.15) is 88.8 Å². The van der Waals surface area contributed by atoms with Gasteiger partial charge in [-0.3, -0.25) is 19.1 Å². The molecule has 5 atom stereocenters. The van der Waals surface area contributed by atoms with Gasteiger partial charge in [0.1, 0.15) is 40.2 Å². The summed E-state index contributed by atoms with van der Waals surface area (Å²) in [5.74, 6) is -0.736. The van der Waals surface area contributed by atoms with E-state index in [1.165, 1.54) is 11.3 Å². The second kappa shape index (κ2) is 17.0. The van der Waals surface area contributed by atoms with Gasteiger partial charge in [0, 0.05) is 33.8 Å². The molecule has 4 aliphatic rings. The highest BCUT2D eigenvalue weighted by Gasteiger charge is 2.62. The van der Waals surface area contributed by atoms with Crippen molar-refractivity contribution in [3.05, 3.63) is 76.3 Å². The summed E-state index contributed by atoms with van der Waals surface area (Å²) in [6, 6.07) is 11.1. The Hall–Kier alpha value is -4.73. The first-order chi connectivity index (χ1) is 28.8. The number of pyridine rings is 1. The number of ether oxygens (including phenoxy) is 2. The van der Waals surface area contributed by atoms with Crippen LogP contribution < -0.4 is 24.8 Å². The fourth-order valence-corrected chi connectivity index (χ4v) is 10.7. The molecule has 13 nitrogen and oxygen atoms in total. The molecule has 2 aliphatic carbocycles.